The molecule has 0 spiro atoms. The third kappa shape index (κ3) is 3.73. The van der Waals surface area contributed by atoms with Crippen LogP contribution in [0.25, 0.3) is 0 Å². The minimum atomic E-state index is 0.482. The lowest BCUT2D eigenvalue weighted by Gasteiger charge is -2.08. The highest BCUT2D eigenvalue weighted by Crippen LogP contribution is 2.24. The SMILES string of the molecule is CCCn1cc(OCc2cc(OC)ccc2Br)cn1. The second-order valence-electron chi connectivity index (χ2n) is 4.19. The minimum Gasteiger partial charge on any atom is -0.497 e. The first-order valence-corrected chi connectivity index (χ1v) is 7.00. The standard InChI is InChI=1S/C14H17BrN2O2/c1-3-6-17-9-13(8-16-17)19-10-11-7-12(18-2)4-5-14(11)15/h4-5,7-9H,3,6,10H2,1-2H3. The molecule has 0 aliphatic heterocycles. The largest absolute Gasteiger partial charge is 0.497 e. The van der Waals surface area contributed by atoms with E-state index < -0.39 is 0 Å². The molecule has 1 aromatic carbocycles. The highest BCUT2D eigenvalue weighted by molar-refractivity contribution is 9.10. The molecule has 1 aromatic heterocycles. The van der Waals surface area contributed by atoms with E-state index >= 15 is 0 Å². The Balaban J connectivity index is 2.01. The first-order chi connectivity index (χ1) is 9.22. The lowest BCUT2D eigenvalue weighted by Crippen LogP contribution is -1.97. The Kier molecular flexibility index (Phi) is 4.85. The van der Waals surface area contributed by atoms with Crippen LogP contribution < -0.4 is 9.47 Å². The van der Waals surface area contributed by atoms with Crippen LogP contribution >= 0.6 is 15.9 Å². The smallest absolute Gasteiger partial charge is 0.157 e. The van der Waals surface area contributed by atoms with E-state index in [-0.39, 0.29) is 0 Å². The van der Waals surface area contributed by atoms with E-state index in [1.54, 1.807) is 13.3 Å². The average Bonchev–Trinajstić information content (AvgIpc) is 2.86. The van der Waals surface area contributed by atoms with E-state index in [1.165, 1.54) is 0 Å². The molecule has 0 fully saturated rings. The maximum Gasteiger partial charge on any atom is 0.157 e. The number of rotatable bonds is 6. The van der Waals surface area contributed by atoms with Crippen molar-refractivity contribution < 1.29 is 9.47 Å². The fourth-order valence-corrected chi connectivity index (χ4v) is 2.08. The molecule has 1 heterocycles. The van der Waals surface area contributed by atoms with Gasteiger partial charge in [0.15, 0.2) is 5.75 Å². The fourth-order valence-electron chi connectivity index (χ4n) is 1.72. The molecule has 2 aromatic rings. The van der Waals surface area contributed by atoms with E-state index in [0.717, 1.165) is 34.5 Å². The average molecular weight is 325 g/mol. The maximum atomic E-state index is 5.73. The highest BCUT2D eigenvalue weighted by atomic mass is 79.9. The Morgan fingerprint density at radius 3 is 2.89 bits per heavy atom. The predicted molar refractivity (Wildman–Crippen MR) is 77.5 cm³/mol. The van der Waals surface area contributed by atoms with Crippen molar-refractivity contribution in [2.45, 2.75) is 26.5 Å². The summed E-state index contributed by atoms with van der Waals surface area (Å²) < 4.78 is 13.8. The van der Waals surface area contributed by atoms with E-state index in [9.17, 15) is 0 Å². The van der Waals surface area contributed by atoms with Gasteiger partial charge >= 0.3 is 0 Å². The van der Waals surface area contributed by atoms with Gasteiger partial charge in [0.1, 0.15) is 12.4 Å². The number of nitrogens with zero attached hydrogens (tertiary/aromatic N) is 2. The molecule has 0 saturated carbocycles. The topological polar surface area (TPSA) is 36.3 Å². The summed E-state index contributed by atoms with van der Waals surface area (Å²) in [5.74, 6) is 1.60. The third-order valence-electron chi connectivity index (χ3n) is 2.71. The molecule has 5 heteroatoms. The van der Waals surface area contributed by atoms with E-state index in [4.69, 9.17) is 9.47 Å². The molecule has 0 atom stereocenters. The molecule has 0 N–H and O–H groups in total. The van der Waals surface area contributed by atoms with Crippen molar-refractivity contribution in [3.63, 3.8) is 0 Å². The molecule has 0 unspecified atom stereocenters. The number of ether oxygens (including phenoxy) is 2. The van der Waals surface area contributed by atoms with Crippen LogP contribution in [0.4, 0.5) is 0 Å². The van der Waals surface area contributed by atoms with Crippen LogP contribution in [-0.2, 0) is 13.2 Å². The molecule has 0 bridgehead atoms. The number of halogens is 1. The van der Waals surface area contributed by atoms with Crippen LogP contribution in [-0.4, -0.2) is 16.9 Å². The number of hydrogen-bond donors (Lipinski definition) is 0. The Labute approximate surface area is 121 Å². The third-order valence-corrected chi connectivity index (χ3v) is 3.48. The van der Waals surface area contributed by atoms with Crippen LogP contribution in [0.2, 0.25) is 0 Å². The van der Waals surface area contributed by atoms with Gasteiger partial charge in [0, 0.05) is 16.6 Å². The van der Waals surface area contributed by atoms with Crippen LogP contribution in [0.3, 0.4) is 0 Å². The van der Waals surface area contributed by atoms with Crippen molar-refractivity contribution in [1.29, 1.82) is 0 Å². The van der Waals surface area contributed by atoms with Crippen molar-refractivity contribution in [3.8, 4) is 11.5 Å². The van der Waals surface area contributed by atoms with E-state index in [2.05, 4.69) is 28.0 Å². The van der Waals surface area contributed by atoms with Crippen LogP contribution in [0.15, 0.2) is 35.1 Å². The Hall–Kier alpha value is -1.49. The van der Waals surface area contributed by atoms with Crippen LogP contribution in [0.1, 0.15) is 18.9 Å². The molecule has 102 valence electrons. The first kappa shape index (κ1) is 13.9. The molecule has 0 amide bonds. The lowest BCUT2D eigenvalue weighted by atomic mass is 10.2. The molecular weight excluding hydrogens is 308 g/mol. The minimum absolute atomic E-state index is 0.482. The van der Waals surface area contributed by atoms with Crippen LogP contribution in [0.5, 0.6) is 11.5 Å². The summed E-state index contributed by atoms with van der Waals surface area (Å²) in [6, 6.07) is 5.82. The number of methoxy groups -OCH3 is 1. The predicted octanol–water partition coefficient (Wildman–Crippen LogP) is 3.64. The maximum absolute atomic E-state index is 5.73. The Morgan fingerprint density at radius 2 is 2.16 bits per heavy atom. The molecule has 0 aliphatic rings. The summed E-state index contributed by atoms with van der Waals surface area (Å²) >= 11 is 3.51. The number of aromatic nitrogens is 2. The van der Waals surface area contributed by atoms with Gasteiger partial charge in [-0.05, 0) is 24.6 Å². The number of hydrogen-bond acceptors (Lipinski definition) is 3. The second kappa shape index (κ2) is 6.61. The monoisotopic (exact) mass is 324 g/mol. The first-order valence-electron chi connectivity index (χ1n) is 6.20. The highest BCUT2D eigenvalue weighted by Gasteiger charge is 2.05. The van der Waals surface area contributed by atoms with Crippen molar-refractivity contribution in [1.82, 2.24) is 9.78 Å². The summed E-state index contributed by atoms with van der Waals surface area (Å²) in [5.41, 5.74) is 1.04. The molecule has 19 heavy (non-hydrogen) atoms. The fraction of sp³-hybridized carbons (Fsp3) is 0.357. The van der Waals surface area contributed by atoms with Gasteiger partial charge in [0.05, 0.1) is 19.5 Å². The molecular formula is C14H17BrN2O2. The van der Waals surface area contributed by atoms with Gasteiger partial charge in [-0.2, -0.15) is 5.10 Å². The number of aryl methyl sites for hydroxylation is 1. The summed E-state index contributed by atoms with van der Waals surface area (Å²) in [6.07, 6.45) is 4.71. The van der Waals surface area contributed by atoms with Crippen molar-refractivity contribution in [3.05, 3.63) is 40.6 Å². The molecule has 0 saturated heterocycles. The quantitative estimate of drug-likeness (QED) is 0.813. The van der Waals surface area contributed by atoms with E-state index in [1.807, 2.05) is 29.1 Å². The van der Waals surface area contributed by atoms with Gasteiger partial charge in [0.2, 0.25) is 0 Å². The zero-order valence-electron chi connectivity index (χ0n) is 11.1. The van der Waals surface area contributed by atoms with Gasteiger partial charge in [-0.25, -0.2) is 0 Å². The summed E-state index contributed by atoms with van der Waals surface area (Å²) in [7, 11) is 1.66. The summed E-state index contributed by atoms with van der Waals surface area (Å²) in [5, 5.41) is 4.23. The van der Waals surface area contributed by atoms with E-state index in [0.29, 0.717) is 6.61 Å². The van der Waals surface area contributed by atoms with Gasteiger partial charge in [-0.1, -0.05) is 22.9 Å². The zero-order chi connectivity index (χ0) is 13.7. The van der Waals surface area contributed by atoms with Gasteiger partial charge in [-0.3, -0.25) is 4.68 Å². The Bertz CT molecular complexity index is 540. The molecule has 4 nitrogen and oxygen atoms in total. The van der Waals surface area contributed by atoms with Crippen LogP contribution in [0, 0.1) is 0 Å². The van der Waals surface area contributed by atoms with Crippen molar-refractivity contribution in [2.75, 3.05) is 7.11 Å². The van der Waals surface area contributed by atoms with Gasteiger partial charge in [-0.15, -0.1) is 0 Å². The van der Waals surface area contributed by atoms with Gasteiger partial charge in [0.25, 0.3) is 0 Å². The lowest BCUT2D eigenvalue weighted by molar-refractivity contribution is 0.304. The van der Waals surface area contributed by atoms with Gasteiger partial charge < -0.3 is 9.47 Å². The molecule has 0 radical (unpaired) electrons. The number of benzene rings is 1. The van der Waals surface area contributed by atoms with Crippen molar-refractivity contribution in [2.24, 2.45) is 0 Å². The Morgan fingerprint density at radius 1 is 1.32 bits per heavy atom. The van der Waals surface area contributed by atoms with Crippen molar-refractivity contribution >= 4 is 15.9 Å². The summed E-state index contributed by atoms with van der Waals surface area (Å²) in [6.45, 7) is 3.51. The molecule has 2 rings (SSSR count). The zero-order valence-corrected chi connectivity index (χ0v) is 12.7. The second-order valence-corrected chi connectivity index (χ2v) is 5.04. The summed E-state index contributed by atoms with van der Waals surface area (Å²) in [4.78, 5) is 0. The molecule has 0 aliphatic carbocycles. The normalized spacial score (nSPS) is 10.5.